The molecule has 5 rings (SSSR count). The monoisotopic (exact) mass is 356 g/mol. The highest BCUT2D eigenvalue weighted by atomic mass is 15.4. The van der Waals surface area contributed by atoms with E-state index in [4.69, 9.17) is 5.73 Å². The SMILES string of the molecule is Cc1cc2n(n1)CN(c1ccccc1)C(c1ccc(C3(N)CCC3)cc1)=C2. The van der Waals surface area contributed by atoms with Gasteiger partial charge in [-0.25, -0.2) is 4.68 Å². The fourth-order valence-electron chi connectivity index (χ4n) is 4.11. The molecule has 3 aromatic rings. The van der Waals surface area contributed by atoms with Crippen molar-refractivity contribution in [1.29, 1.82) is 0 Å². The lowest BCUT2D eigenvalue weighted by atomic mass is 9.72. The molecule has 0 atom stereocenters. The Labute approximate surface area is 159 Å². The van der Waals surface area contributed by atoms with Gasteiger partial charge in [0.2, 0.25) is 0 Å². The van der Waals surface area contributed by atoms with Crippen molar-refractivity contribution in [2.45, 2.75) is 38.4 Å². The Hall–Kier alpha value is -2.85. The smallest absolute Gasteiger partial charge is 0.117 e. The average Bonchev–Trinajstić information content (AvgIpc) is 3.05. The predicted octanol–water partition coefficient (Wildman–Crippen LogP) is 4.51. The highest BCUT2D eigenvalue weighted by Gasteiger charge is 2.34. The Balaban J connectivity index is 1.57. The van der Waals surface area contributed by atoms with E-state index in [9.17, 15) is 0 Å². The Morgan fingerprint density at radius 1 is 1.00 bits per heavy atom. The molecule has 0 spiro atoms. The molecule has 2 heterocycles. The highest BCUT2D eigenvalue weighted by molar-refractivity contribution is 5.90. The summed E-state index contributed by atoms with van der Waals surface area (Å²) in [6.45, 7) is 2.75. The van der Waals surface area contributed by atoms with Crippen molar-refractivity contribution in [2.24, 2.45) is 5.73 Å². The van der Waals surface area contributed by atoms with Gasteiger partial charge in [-0.2, -0.15) is 5.10 Å². The zero-order valence-corrected chi connectivity index (χ0v) is 15.6. The van der Waals surface area contributed by atoms with Gasteiger partial charge in [-0.15, -0.1) is 0 Å². The molecule has 0 bridgehead atoms. The van der Waals surface area contributed by atoms with Crippen LogP contribution in [-0.2, 0) is 12.2 Å². The molecule has 4 heteroatoms. The quantitative estimate of drug-likeness (QED) is 0.751. The lowest BCUT2D eigenvalue weighted by Crippen LogP contribution is -2.43. The number of anilines is 1. The first-order valence-corrected chi connectivity index (χ1v) is 9.61. The van der Waals surface area contributed by atoms with Crippen molar-refractivity contribution in [1.82, 2.24) is 9.78 Å². The van der Waals surface area contributed by atoms with Gasteiger partial charge < -0.3 is 10.6 Å². The van der Waals surface area contributed by atoms with Gasteiger partial charge in [0.25, 0.3) is 0 Å². The molecule has 1 aliphatic carbocycles. The maximum atomic E-state index is 6.50. The number of hydrogen-bond acceptors (Lipinski definition) is 3. The summed E-state index contributed by atoms with van der Waals surface area (Å²) >= 11 is 0. The molecule has 0 saturated heterocycles. The van der Waals surface area contributed by atoms with Crippen molar-refractivity contribution in [3.8, 4) is 0 Å². The Bertz CT molecular complexity index is 995. The van der Waals surface area contributed by atoms with Gasteiger partial charge in [0.05, 0.1) is 17.1 Å². The summed E-state index contributed by atoms with van der Waals surface area (Å²) in [7, 11) is 0. The Kier molecular flexibility index (Phi) is 3.69. The second-order valence-corrected chi connectivity index (χ2v) is 7.73. The maximum Gasteiger partial charge on any atom is 0.117 e. The average molecular weight is 356 g/mol. The van der Waals surface area contributed by atoms with Crippen molar-refractivity contribution in [2.75, 3.05) is 4.90 Å². The van der Waals surface area contributed by atoms with Crippen LogP contribution in [0.25, 0.3) is 11.8 Å². The van der Waals surface area contributed by atoms with Gasteiger partial charge >= 0.3 is 0 Å². The molecule has 1 aromatic heterocycles. The Morgan fingerprint density at radius 3 is 2.41 bits per heavy atom. The third-order valence-electron chi connectivity index (χ3n) is 5.85. The van der Waals surface area contributed by atoms with Crippen LogP contribution in [0.1, 0.15) is 41.8 Å². The number of aryl methyl sites for hydroxylation is 1. The van der Waals surface area contributed by atoms with E-state index in [0.29, 0.717) is 6.67 Å². The lowest BCUT2D eigenvalue weighted by Gasteiger charge is -2.39. The van der Waals surface area contributed by atoms with Gasteiger partial charge in [-0.3, -0.25) is 0 Å². The van der Waals surface area contributed by atoms with E-state index in [1.54, 1.807) is 0 Å². The van der Waals surface area contributed by atoms with Crippen molar-refractivity contribution in [3.05, 3.63) is 83.2 Å². The van der Waals surface area contributed by atoms with Crippen molar-refractivity contribution in [3.63, 3.8) is 0 Å². The summed E-state index contributed by atoms with van der Waals surface area (Å²) in [6.07, 6.45) is 5.63. The van der Waals surface area contributed by atoms with Crippen LogP contribution in [0, 0.1) is 6.92 Å². The Morgan fingerprint density at radius 2 is 1.74 bits per heavy atom. The predicted molar refractivity (Wildman–Crippen MR) is 110 cm³/mol. The fraction of sp³-hybridized carbons (Fsp3) is 0.261. The highest BCUT2D eigenvalue weighted by Crippen LogP contribution is 2.39. The van der Waals surface area contributed by atoms with E-state index in [2.05, 4.69) is 81.4 Å². The van der Waals surface area contributed by atoms with Gasteiger partial charge in [-0.05, 0) is 61.6 Å². The summed E-state index contributed by atoms with van der Waals surface area (Å²) in [6, 6.07) is 21.5. The molecule has 4 nitrogen and oxygen atoms in total. The maximum absolute atomic E-state index is 6.50. The molecule has 0 unspecified atom stereocenters. The summed E-state index contributed by atoms with van der Waals surface area (Å²) in [5, 5.41) is 4.63. The van der Waals surface area contributed by atoms with Crippen LogP contribution < -0.4 is 10.6 Å². The van der Waals surface area contributed by atoms with E-state index in [-0.39, 0.29) is 5.54 Å². The van der Waals surface area contributed by atoms with Gasteiger partial charge in [0, 0.05) is 11.2 Å². The minimum Gasteiger partial charge on any atom is -0.321 e. The number of hydrogen-bond donors (Lipinski definition) is 1. The number of nitrogens with zero attached hydrogens (tertiary/aromatic N) is 3. The molecular weight excluding hydrogens is 332 g/mol. The molecular formula is C23H24N4. The number of aromatic nitrogens is 2. The molecule has 1 saturated carbocycles. The topological polar surface area (TPSA) is 47.1 Å². The number of para-hydroxylation sites is 1. The first kappa shape index (κ1) is 16.3. The molecule has 136 valence electrons. The van der Waals surface area contributed by atoms with Crippen LogP contribution >= 0.6 is 0 Å². The molecule has 1 aliphatic heterocycles. The summed E-state index contributed by atoms with van der Waals surface area (Å²) in [4.78, 5) is 2.32. The molecule has 2 aliphatic rings. The molecule has 0 amide bonds. The first-order valence-electron chi connectivity index (χ1n) is 9.61. The van der Waals surface area contributed by atoms with Crippen LogP contribution in [0.2, 0.25) is 0 Å². The zero-order valence-electron chi connectivity index (χ0n) is 15.6. The third-order valence-corrected chi connectivity index (χ3v) is 5.85. The molecule has 1 fully saturated rings. The molecule has 0 radical (unpaired) electrons. The third kappa shape index (κ3) is 2.77. The molecule has 27 heavy (non-hydrogen) atoms. The van der Waals surface area contributed by atoms with Crippen LogP contribution in [0.15, 0.2) is 60.7 Å². The number of benzene rings is 2. The van der Waals surface area contributed by atoms with E-state index in [1.165, 1.54) is 28.9 Å². The molecule has 2 N–H and O–H groups in total. The minimum atomic E-state index is -0.117. The zero-order chi connectivity index (χ0) is 18.4. The largest absolute Gasteiger partial charge is 0.321 e. The van der Waals surface area contributed by atoms with E-state index in [0.717, 1.165) is 24.2 Å². The van der Waals surface area contributed by atoms with Gasteiger partial charge in [0.1, 0.15) is 6.67 Å². The van der Waals surface area contributed by atoms with Crippen LogP contribution in [0.5, 0.6) is 0 Å². The van der Waals surface area contributed by atoms with Crippen LogP contribution in [-0.4, -0.2) is 9.78 Å². The van der Waals surface area contributed by atoms with Gasteiger partial charge in [0.15, 0.2) is 0 Å². The summed E-state index contributed by atoms with van der Waals surface area (Å²) in [5.74, 6) is 0. The van der Waals surface area contributed by atoms with E-state index in [1.807, 2.05) is 6.92 Å². The van der Waals surface area contributed by atoms with E-state index >= 15 is 0 Å². The van der Waals surface area contributed by atoms with Gasteiger partial charge in [-0.1, -0.05) is 42.5 Å². The first-order chi connectivity index (χ1) is 13.1. The minimum absolute atomic E-state index is 0.117. The lowest BCUT2D eigenvalue weighted by molar-refractivity contribution is 0.253. The van der Waals surface area contributed by atoms with Crippen molar-refractivity contribution >= 4 is 17.5 Å². The number of fused-ring (bicyclic) bond motifs is 1. The number of nitrogens with two attached hydrogens (primary N) is 1. The summed E-state index contributed by atoms with van der Waals surface area (Å²) in [5.41, 5.74) is 13.4. The second-order valence-electron chi connectivity index (χ2n) is 7.73. The fourth-order valence-corrected chi connectivity index (χ4v) is 4.11. The second kappa shape index (κ2) is 6.10. The van der Waals surface area contributed by atoms with Crippen molar-refractivity contribution < 1.29 is 0 Å². The summed E-state index contributed by atoms with van der Waals surface area (Å²) < 4.78 is 2.06. The molecule has 2 aromatic carbocycles. The van der Waals surface area contributed by atoms with Crippen LogP contribution in [0.4, 0.5) is 5.69 Å². The van der Waals surface area contributed by atoms with E-state index < -0.39 is 0 Å². The standard InChI is InChI=1S/C23H24N4/c1-17-14-21-15-22(18-8-10-19(11-9-18)23(24)12-5-13-23)26(16-27(21)25-17)20-6-3-2-4-7-20/h2-4,6-11,14-15H,5,12-13,16,24H2,1H3. The van der Waals surface area contributed by atoms with Crippen LogP contribution in [0.3, 0.4) is 0 Å². The normalized spacial score (nSPS) is 17.9. The number of rotatable bonds is 3.